The lowest BCUT2D eigenvalue weighted by Gasteiger charge is -2.23. The van der Waals surface area contributed by atoms with Crippen LogP contribution in [0.4, 0.5) is 0 Å². The molecule has 0 aromatic rings. The maximum atomic E-state index is 3.85. The molecule has 0 aliphatic rings. The summed E-state index contributed by atoms with van der Waals surface area (Å²) in [6, 6.07) is 0. The van der Waals surface area contributed by atoms with Gasteiger partial charge in [0.15, 0.2) is 0 Å². The average Bonchev–Trinajstić information content (AvgIpc) is 2.86. The standard InChI is InChI=1S/C31H63N.C2H6/c1-5-8-10-11-12-13-14-15-16-17-18-19-20-21-22-23-24-26-28-32-29-30(4)31(7-3)27-25-9-6-2;1-2/h6,30-32H,2,5,7-29H2,1,3-4H3;1-2H3. The lowest BCUT2D eigenvalue weighted by molar-refractivity contribution is 0.307. The van der Waals surface area contributed by atoms with E-state index in [4.69, 9.17) is 0 Å². The highest BCUT2D eigenvalue weighted by Gasteiger charge is 2.14. The Morgan fingerprint density at radius 1 is 0.618 bits per heavy atom. The van der Waals surface area contributed by atoms with E-state index in [0.717, 1.165) is 11.8 Å². The minimum absolute atomic E-state index is 0.806. The van der Waals surface area contributed by atoms with Crippen molar-refractivity contribution in [3.63, 3.8) is 0 Å². The van der Waals surface area contributed by atoms with Crippen molar-refractivity contribution in [3.8, 4) is 0 Å². The first-order chi connectivity index (χ1) is 16.8. The van der Waals surface area contributed by atoms with Gasteiger partial charge in [0.1, 0.15) is 0 Å². The molecule has 0 radical (unpaired) electrons. The van der Waals surface area contributed by atoms with Crippen LogP contribution in [0.3, 0.4) is 0 Å². The third-order valence-electron chi connectivity index (χ3n) is 7.49. The van der Waals surface area contributed by atoms with Gasteiger partial charge in [-0.2, -0.15) is 0 Å². The van der Waals surface area contributed by atoms with Crippen LogP contribution in [0.2, 0.25) is 0 Å². The van der Waals surface area contributed by atoms with Gasteiger partial charge in [-0.05, 0) is 50.6 Å². The van der Waals surface area contributed by atoms with Gasteiger partial charge < -0.3 is 5.32 Å². The Morgan fingerprint density at radius 2 is 1.03 bits per heavy atom. The van der Waals surface area contributed by atoms with Crippen LogP contribution in [-0.4, -0.2) is 13.1 Å². The molecule has 0 aliphatic heterocycles. The van der Waals surface area contributed by atoms with E-state index in [1.54, 1.807) is 0 Å². The van der Waals surface area contributed by atoms with Crippen LogP contribution >= 0.6 is 0 Å². The molecular weight excluding hydrogens is 410 g/mol. The average molecular weight is 480 g/mol. The van der Waals surface area contributed by atoms with Gasteiger partial charge in [-0.1, -0.05) is 156 Å². The van der Waals surface area contributed by atoms with Crippen LogP contribution in [0.1, 0.15) is 176 Å². The molecule has 0 bridgehead atoms. The molecule has 0 saturated heterocycles. The molecule has 0 aromatic carbocycles. The summed E-state index contributed by atoms with van der Waals surface area (Å²) in [5, 5.41) is 3.72. The van der Waals surface area contributed by atoms with Crippen molar-refractivity contribution < 1.29 is 0 Å². The number of unbranched alkanes of at least 4 members (excludes halogenated alkanes) is 18. The Kier molecular flexibility index (Phi) is 34.5. The van der Waals surface area contributed by atoms with E-state index >= 15 is 0 Å². The summed E-state index contributed by atoms with van der Waals surface area (Å²) >= 11 is 0. The molecule has 0 aliphatic carbocycles. The molecule has 2 atom stereocenters. The van der Waals surface area contributed by atoms with E-state index < -0.39 is 0 Å². The van der Waals surface area contributed by atoms with Gasteiger partial charge in [0, 0.05) is 0 Å². The van der Waals surface area contributed by atoms with Crippen LogP contribution < -0.4 is 5.32 Å². The smallest absolute Gasteiger partial charge is 0.00205 e. The number of hydrogen-bond donors (Lipinski definition) is 1. The molecule has 0 amide bonds. The second-order valence-corrected chi connectivity index (χ2v) is 10.6. The van der Waals surface area contributed by atoms with Crippen molar-refractivity contribution in [2.45, 2.75) is 176 Å². The number of allylic oxidation sites excluding steroid dienone is 1. The number of hydrogen-bond acceptors (Lipinski definition) is 1. The largest absolute Gasteiger partial charge is 0.316 e. The van der Waals surface area contributed by atoms with E-state index in [0.29, 0.717) is 0 Å². The topological polar surface area (TPSA) is 12.0 Å². The molecule has 0 aromatic heterocycles. The van der Waals surface area contributed by atoms with E-state index in [1.165, 1.54) is 154 Å². The van der Waals surface area contributed by atoms with Crippen molar-refractivity contribution in [1.29, 1.82) is 0 Å². The Labute approximate surface area is 218 Å². The minimum atomic E-state index is 0.806. The van der Waals surface area contributed by atoms with E-state index in [-0.39, 0.29) is 0 Å². The lowest BCUT2D eigenvalue weighted by Crippen LogP contribution is -2.27. The Bertz CT molecular complexity index is 350. The second kappa shape index (κ2) is 32.7. The van der Waals surface area contributed by atoms with Gasteiger partial charge in [-0.3, -0.25) is 0 Å². The highest BCUT2D eigenvalue weighted by atomic mass is 14.9. The predicted molar refractivity (Wildman–Crippen MR) is 160 cm³/mol. The van der Waals surface area contributed by atoms with Crippen molar-refractivity contribution in [1.82, 2.24) is 5.32 Å². The fourth-order valence-corrected chi connectivity index (χ4v) is 5.06. The van der Waals surface area contributed by atoms with Gasteiger partial charge in [-0.25, -0.2) is 0 Å². The van der Waals surface area contributed by atoms with Gasteiger partial charge in [0.25, 0.3) is 0 Å². The van der Waals surface area contributed by atoms with Gasteiger partial charge >= 0.3 is 0 Å². The fourth-order valence-electron chi connectivity index (χ4n) is 5.06. The molecule has 1 N–H and O–H groups in total. The van der Waals surface area contributed by atoms with E-state index in [1.807, 2.05) is 13.8 Å². The Morgan fingerprint density at radius 3 is 1.41 bits per heavy atom. The third kappa shape index (κ3) is 27.9. The zero-order chi connectivity index (χ0) is 25.5. The summed E-state index contributed by atoms with van der Waals surface area (Å²) in [5.74, 6) is 1.68. The fraction of sp³-hybridized carbons (Fsp3) is 0.939. The number of nitrogens with one attached hydrogen (secondary N) is 1. The first-order valence-electron chi connectivity index (χ1n) is 16.1. The van der Waals surface area contributed by atoms with Crippen molar-refractivity contribution in [2.75, 3.05) is 13.1 Å². The minimum Gasteiger partial charge on any atom is -0.316 e. The molecule has 0 spiro atoms. The first kappa shape index (κ1) is 35.9. The highest BCUT2D eigenvalue weighted by Crippen LogP contribution is 2.21. The van der Waals surface area contributed by atoms with Crippen molar-refractivity contribution in [2.24, 2.45) is 11.8 Å². The molecule has 0 rings (SSSR count). The third-order valence-corrected chi connectivity index (χ3v) is 7.49. The molecule has 1 nitrogen and oxygen atoms in total. The van der Waals surface area contributed by atoms with Gasteiger partial charge in [-0.15, -0.1) is 6.58 Å². The van der Waals surface area contributed by atoms with E-state index in [2.05, 4.69) is 38.7 Å². The number of rotatable bonds is 27. The van der Waals surface area contributed by atoms with Crippen molar-refractivity contribution >= 4 is 0 Å². The summed E-state index contributed by atoms with van der Waals surface area (Å²) in [6.45, 7) is 17.4. The second-order valence-electron chi connectivity index (χ2n) is 10.6. The zero-order valence-electron chi connectivity index (χ0n) is 24.9. The normalized spacial score (nSPS) is 12.7. The lowest BCUT2D eigenvalue weighted by atomic mass is 9.87. The predicted octanol–water partition coefficient (Wildman–Crippen LogP) is 11.7. The zero-order valence-corrected chi connectivity index (χ0v) is 24.9. The summed E-state index contributed by atoms with van der Waals surface area (Å²) in [6.07, 6.45) is 33.4. The summed E-state index contributed by atoms with van der Waals surface area (Å²) < 4.78 is 0. The van der Waals surface area contributed by atoms with Crippen LogP contribution in [0.5, 0.6) is 0 Å². The van der Waals surface area contributed by atoms with Crippen LogP contribution in [-0.2, 0) is 0 Å². The molecule has 1 heteroatoms. The SMILES string of the molecule is C=CCCCC(CC)C(C)CNCCCCCCCCCCCCCCCCCCCC.CC. The monoisotopic (exact) mass is 480 g/mol. The molecule has 2 unspecified atom stereocenters. The first-order valence-corrected chi connectivity index (χ1v) is 16.1. The summed E-state index contributed by atoms with van der Waals surface area (Å²) in [7, 11) is 0. The molecule has 34 heavy (non-hydrogen) atoms. The molecule has 0 fully saturated rings. The van der Waals surface area contributed by atoms with Gasteiger partial charge in [0.05, 0.1) is 0 Å². The summed E-state index contributed by atoms with van der Waals surface area (Å²) in [4.78, 5) is 0. The quantitative estimate of drug-likeness (QED) is 0.0912. The maximum absolute atomic E-state index is 3.85. The Balaban J connectivity index is 0. The van der Waals surface area contributed by atoms with Crippen LogP contribution in [0.15, 0.2) is 12.7 Å². The van der Waals surface area contributed by atoms with Crippen LogP contribution in [0, 0.1) is 11.8 Å². The molecular formula is C33H69N. The van der Waals surface area contributed by atoms with E-state index in [9.17, 15) is 0 Å². The Hall–Kier alpha value is -0.300. The summed E-state index contributed by atoms with van der Waals surface area (Å²) in [5.41, 5.74) is 0. The maximum Gasteiger partial charge on any atom is -0.00205 e. The molecule has 0 saturated carbocycles. The van der Waals surface area contributed by atoms with Gasteiger partial charge in [0.2, 0.25) is 0 Å². The highest BCUT2D eigenvalue weighted by molar-refractivity contribution is 4.71. The van der Waals surface area contributed by atoms with Crippen LogP contribution in [0.25, 0.3) is 0 Å². The van der Waals surface area contributed by atoms with Crippen molar-refractivity contribution in [3.05, 3.63) is 12.7 Å². The molecule has 0 heterocycles. The molecule has 206 valence electrons.